The molecule has 0 bridgehead atoms. The maximum absolute atomic E-state index is 12.8. The molecule has 0 atom stereocenters. The minimum Gasteiger partial charge on any atom is -0.350 e. The summed E-state index contributed by atoms with van der Waals surface area (Å²) in [5.41, 5.74) is 0.835. The van der Waals surface area contributed by atoms with Gasteiger partial charge < -0.3 is 10.2 Å². The Morgan fingerprint density at radius 1 is 1.17 bits per heavy atom. The lowest BCUT2D eigenvalue weighted by Gasteiger charge is -2.28. The fourth-order valence-corrected chi connectivity index (χ4v) is 2.99. The average Bonchev–Trinajstić information content (AvgIpc) is 2.59. The van der Waals surface area contributed by atoms with Crippen molar-refractivity contribution in [2.45, 2.75) is 45.6 Å². The molecule has 1 aliphatic rings. The van der Waals surface area contributed by atoms with E-state index in [1.165, 1.54) is 18.6 Å². The average molecular weight is 320 g/mol. The van der Waals surface area contributed by atoms with Crippen molar-refractivity contribution in [3.63, 3.8) is 0 Å². The number of hydrogen-bond donors (Lipinski definition) is 1. The Bertz CT molecular complexity index is 524. The third-order valence-corrected chi connectivity index (χ3v) is 4.39. The number of nitrogens with zero attached hydrogens (tertiary/aromatic N) is 1. The van der Waals surface area contributed by atoms with Crippen molar-refractivity contribution >= 4 is 11.8 Å². The number of rotatable bonds is 6. The van der Waals surface area contributed by atoms with Gasteiger partial charge in [-0.25, -0.2) is 4.39 Å². The lowest BCUT2D eigenvalue weighted by molar-refractivity contribution is -0.140. The van der Waals surface area contributed by atoms with Gasteiger partial charge in [0.1, 0.15) is 5.82 Å². The highest BCUT2D eigenvalue weighted by Crippen LogP contribution is 2.25. The molecule has 0 heterocycles. The van der Waals surface area contributed by atoms with Gasteiger partial charge in [-0.15, -0.1) is 0 Å². The summed E-state index contributed by atoms with van der Waals surface area (Å²) in [6, 6.07) is 6.01. The van der Waals surface area contributed by atoms with Crippen molar-refractivity contribution in [2.75, 3.05) is 13.1 Å². The van der Waals surface area contributed by atoms with Crippen molar-refractivity contribution in [2.24, 2.45) is 5.92 Å². The van der Waals surface area contributed by atoms with Crippen LogP contribution in [0, 0.1) is 11.7 Å². The number of carbonyl (C=O) groups is 2. The molecule has 0 aromatic heterocycles. The van der Waals surface area contributed by atoms with Crippen molar-refractivity contribution in [1.29, 1.82) is 0 Å². The summed E-state index contributed by atoms with van der Waals surface area (Å²) < 4.78 is 12.8. The summed E-state index contributed by atoms with van der Waals surface area (Å²) >= 11 is 0. The molecule has 0 unspecified atom stereocenters. The first kappa shape index (κ1) is 17.4. The zero-order chi connectivity index (χ0) is 16.7. The number of nitrogens with one attached hydrogen (secondary N) is 1. The third-order valence-electron chi connectivity index (χ3n) is 4.39. The van der Waals surface area contributed by atoms with Crippen LogP contribution in [0.5, 0.6) is 0 Å². The van der Waals surface area contributed by atoms with E-state index in [4.69, 9.17) is 0 Å². The van der Waals surface area contributed by atoms with Crippen LogP contribution in [-0.2, 0) is 16.1 Å². The summed E-state index contributed by atoms with van der Waals surface area (Å²) in [6.45, 7) is 2.87. The minimum absolute atomic E-state index is 0.0774. The Balaban J connectivity index is 1.81. The van der Waals surface area contributed by atoms with E-state index >= 15 is 0 Å². The summed E-state index contributed by atoms with van der Waals surface area (Å²) in [4.78, 5) is 26.2. The number of benzene rings is 1. The maximum atomic E-state index is 12.8. The Labute approximate surface area is 137 Å². The van der Waals surface area contributed by atoms with Crippen molar-refractivity contribution in [3.8, 4) is 0 Å². The first-order valence-electron chi connectivity index (χ1n) is 8.40. The van der Waals surface area contributed by atoms with E-state index in [9.17, 15) is 14.0 Å². The van der Waals surface area contributed by atoms with Gasteiger partial charge in [-0.1, -0.05) is 31.4 Å². The van der Waals surface area contributed by atoms with E-state index in [1.807, 2.05) is 6.92 Å². The van der Waals surface area contributed by atoms with Crippen LogP contribution in [0.1, 0.15) is 44.6 Å². The molecule has 126 valence electrons. The first-order valence-corrected chi connectivity index (χ1v) is 8.40. The van der Waals surface area contributed by atoms with Crippen molar-refractivity contribution in [3.05, 3.63) is 35.6 Å². The van der Waals surface area contributed by atoms with Crippen LogP contribution < -0.4 is 5.32 Å². The van der Waals surface area contributed by atoms with Crippen molar-refractivity contribution in [1.82, 2.24) is 10.2 Å². The van der Waals surface area contributed by atoms with Crippen LogP contribution in [-0.4, -0.2) is 29.8 Å². The summed E-state index contributed by atoms with van der Waals surface area (Å²) in [5.74, 6) is -0.298. The predicted octanol–water partition coefficient (Wildman–Crippen LogP) is 2.87. The van der Waals surface area contributed by atoms with Gasteiger partial charge in [-0.05, 0) is 37.5 Å². The molecule has 1 saturated carbocycles. The molecular formula is C18H25FN2O2. The van der Waals surface area contributed by atoms with Crippen LogP contribution in [0.25, 0.3) is 0 Å². The minimum atomic E-state index is -0.296. The van der Waals surface area contributed by atoms with Gasteiger partial charge in [0.25, 0.3) is 0 Å². The fourth-order valence-electron chi connectivity index (χ4n) is 2.99. The first-order chi connectivity index (χ1) is 11.1. The molecule has 0 aliphatic heterocycles. The van der Waals surface area contributed by atoms with Crippen LogP contribution in [0.2, 0.25) is 0 Å². The van der Waals surface area contributed by atoms with Gasteiger partial charge in [-0.3, -0.25) is 9.59 Å². The summed E-state index contributed by atoms with van der Waals surface area (Å²) in [7, 11) is 0. The lowest BCUT2D eigenvalue weighted by Crippen LogP contribution is -2.43. The third kappa shape index (κ3) is 5.34. The van der Waals surface area contributed by atoms with E-state index in [0.717, 1.165) is 31.2 Å². The maximum Gasteiger partial charge on any atom is 0.239 e. The smallest absolute Gasteiger partial charge is 0.239 e. The topological polar surface area (TPSA) is 49.4 Å². The SMILES string of the molecule is CCN(CC(=O)NCc1ccc(F)cc1)C(=O)C1CCCCC1. The molecule has 0 spiro atoms. The quantitative estimate of drug-likeness (QED) is 0.876. The zero-order valence-corrected chi connectivity index (χ0v) is 13.7. The van der Waals surface area contributed by atoms with Gasteiger partial charge in [0.05, 0.1) is 6.54 Å². The molecule has 2 amide bonds. The zero-order valence-electron chi connectivity index (χ0n) is 13.7. The van der Waals surface area contributed by atoms with Crippen LogP contribution in [0.15, 0.2) is 24.3 Å². The Morgan fingerprint density at radius 2 is 1.83 bits per heavy atom. The second kappa shape index (κ2) is 8.65. The fraction of sp³-hybridized carbons (Fsp3) is 0.556. The van der Waals surface area contributed by atoms with Crippen LogP contribution >= 0.6 is 0 Å². The molecule has 0 saturated heterocycles. The second-order valence-electron chi connectivity index (χ2n) is 6.09. The van der Waals surface area contributed by atoms with Gasteiger partial charge in [0.15, 0.2) is 0 Å². The Morgan fingerprint density at radius 3 is 2.43 bits per heavy atom. The van der Waals surface area contributed by atoms with E-state index in [-0.39, 0.29) is 30.1 Å². The second-order valence-corrected chi connectivity index (χ2v) is 6.09. The van der Waals surface area contributed by atoms with E-state index in [1.54, 1.807) is 17.0 Å². The highest BCUT2D eigenvalue weighted by Gasteiger charge is 2.26. The highest BCUT2D eigenvalue weighted by molar-refractivity contribution is 5.85. The van der Waals surface area contributed by atoms with Crippen LogP contribution in [0.4, 0.5) is 4.39 Å². The molecular weight excluding hydrogens is 295 g/mol. The monoisotopic (exact) mass is 320 g/mol. The predicted molar refractivity (Wildman–Crippen MR) is 87.1 cm³/mol. The molecule has 2 rings (SSSR count). The number of likely N-dealkylation sites (N-methyl/N-ethyl adjacent to an activating group) is 1. The highest BCUT2D eigenvalue weighted by atomic mass is 19.1. The number of hydrogen-bond acceptors (Lipinski definition) is 2. The molecule has 1 N–H and O–H groups in total. The standard InChI is InChI=1S/C18H25FN2O2/c1-2-21(18(23)15-6-4-3-5-7-15)13-17(22)20-12-14-8-10-16(19)11-9-14/h8-11,15H,2-7,12-13H2,1H3,(H,20,22). The van der Waals surface area contributed by atoms with E-state index in [0.29, 0.717) is 13.1 Å². The van der Waals surface area contributed by atoms with E-state index in [2.05, 4.69) is 5.32 Å². The Hall–Kier alpha value is -1.91. The molecule has 0 radical (unpaired) electrons. The van der Waals surface area contributed by atoms with Gasteiger partial charge in [-0.2, -0.15) is 0 Å². The Kier molecular flexibility index (Phi) is 6.56. The molecule has 1 fully saturated rings. The largest absolute Gasteiger partial charge is 0.350 e. The normalized spacial score (nSPS) is 15.2. The lowest BCUT2D eigenvalue weighted by atomic mass is 9.88. The summed E-state index contributed by atoms with van der Waals surface area (Å²) in [6.07, 6.45) is 5.28. The molecule has 1 aliphatic carbocycles. The molecule has 23 heavy (non-hydrogen) atoms. The van der Waals surface area contributed by atoms with Gasteiger partial charge in [0.2, 0.25) is 11.8 Å². The van der Waals surface area contributed by atoms with Crippen LogP contribution in [0.3, 0.4) is 0 Å². The molecule has 1 aromatic carbocycles. The van der Waals surface area contributed by atoms with E-state index < -0.39 is 0 Å². The van der Waals surface area contributed by atoms with Gasteiger partial charge in [0, 0.05) is 19.0 Å². The van der Waals surface area contributed by atoms with Gasteiger partial charge >= 0.3 is 0 Å². The molecule has 4 nitrogen and oxygen atoms in total. The molecule has 1 aromatic rings. The number of amides is 2. The number of halogens is 1. The van der Waals surface area contributed by atoms with Crippen molar-refractivity contribution < 1.29 is 14.0 Å². The summed E-state index contributed by atoms with van der Waals surface area (Å²) in [5, 5.41) is 2.79. The molecule has 5 heteroatoms. The number of carbonyl (C=O) groups excluding carboxylic acids is 2.